The number of quaternary nitrogens is 1. The average Bonchev–Trinajstić information content (AvgIpc) is 2.41. The van der Waals surface area contributed by atoms with Crippen molar-refractivity contribution in [3.8, 4) is 6.07 Å². The van der Waals surface area contributed by atoms with Gasteiger partial charge in [0.2, 0.25) is 0 Å². The van der Waals surface area contributed by atoms with Crippen LogP contribution >= 0.6 is 11.6 Å². The number of hydrogen-bond acceptors (Lipinski definition) is 1. The standard InChI is InChI=1S/C15H13ClN2/c16-15-7-5-12(6-8-15)10-18-11-14-4-2-1-3-13(14)9-17/h1-8,18H,10-11H2/p+1. The van der Waals surface area contributed by atoms with Crippen LogP contribution < -0.4 is 5.32 Å². The molecule has 0 aliphatic heterocycles. The Balaban J connectivity index is 1.93. The summed E-state index contributed by atoms with van der Waals surface area (Å²) in [5, 5.41) is 11.9. The van der Waals surface area contributed by atoms with Gasteiger partial charge in [-0.1, -0.05) is 41.9 Å². The first-order valence-electron chi connectivity index (χ1n) is 5.83. The molecule has 0 aromatic heterocycles. The Labute approximate surface area is 112 Å². The largest absolute Gasteiger partial charge is 0.339 e. The maximum atomic E-state index is 8.99. The zero-order valence-electron chi connectivity index (χ0n) is 9.94. The highest BCUT2D eigenvalue weighted by atomic mass is 35.5. The van der Waals surface area contributed by atoms with Crippen molar-refractivity contribution in [1.82, 2.24) is 0 Å². The van der Waals surface area contributed by atoms with Gasteiger partial charge >= 0.3 is 0 Å². The monoisotopic (exact) mass is 257 g/mol. The molecule has 0 saturated heterocycles. The van der Waals surface area contributed by atoms with E-state index in [0.29, 0.717) is 0 Å². The third-order valence-electron chi connectivity index (χ3n) is 2.80. The lowest BCUT2D eigenvalue weighted by Crippen LogP contribution is -2.80. The van der Waals surface area contributed by atoms with E-state index >= 15 is 0 Å². The van der Waals surface area contributed by atoms with Crippen LogP contribution in [0.2, 0.25) is 5.02 Å². The molecule has 0 spiro atoms. The fraction of sp³-hybridized carbons (Fsp3) is 0.133. The molecule has 2 nitrogen and oxygen atoms in total. The van der Waals surface area contributed by atoms with Crippen LogP contribution in [-0.4, -0.2) is 0 Å². The first-order chi connectivity index (χ1) is 8.79. The fourth-order valence-corrected chi connectivity index (χ4v) is 1.95. The first kappa shape index (κ1) is 12.6. The van der Waals surface area contributed by atoms with E-state index in [1.54, 1.807) is 0 Å². The Bertz CT molecular complexity index is 555. The SMILES string of the molecule is N#Cc1ccccc1C[NH2+]Cc1ccc(Cl)cc1. The summed E-state index contributed by atoms with van der Waals surface area (Å²) in [6.07, 6.45) is 0. The average molecular weight is 258 g/mol. The Morgan fingerprint density at radius 3 is 2.44 bits per heavy atom. The van der Waals surface area contributed by atoms with Crippen LogP contribution in [0, 0.1) is 11.3 Å². The second-order valence-electron chi connectivity index (χ2n) is 4.09. The lowest BCUT2D eigenvalue weighted by Gasteiger charge is -2.04. The van der Waals surface area contributed by atoms with Crippen LogP contribution in [-0.2, 0) is 13.1 Å². The smallest absolute Gasteiger partial charge is 0.103 e. The summed E-state index contributed by atoms with van der Waals surface area (Å²) in [5.41, 5.74) is 3.06. The molecule has 0 aliphatic rings. The number of nitrogens with two attached hydrogens (primary N) is 1. The van der Waals surface area contributed by atoms with Crippen LogP contribution in [0.1, 0.15) is 16.7 Å². The summed E-state index contributed by atoms with van der Waals surface area (Å²) in [6, 6.07) is 17.8. The molecule has 3 heteroatoms. The minimum atomic E-state index is 0.754. The quantitative estimate of drug-likeness (QED) is 0.898. The van der Waals surface area contributed by atoms with E-state index in [9.17, 15) is 0 Å². The van der Waals surface area contributed by atoms with Gasteiger partial charge in [-0.2, -0.15) is 5.26 Å². The normalized spacial score (nSPS) is 10.0. The molecule has 2 rings (SSSR count). The fourth-order valence-electron chi connectivity index (χ4n) is 1.82. The van der Waals surface area contributed by atoms with E-state index in [4.69, 9.17) is 16.9 Å². The third kappa shape index (κ3) is 3.33. The van der Waals surface area contributed by atoms with Crippen molar-refractivity contribution in [1.29, 1.82) is 5.26 Å². The zero-order chi connectivity index (χ0) is 12.8. The topological polar surface area (TPSA) is 40.4 Å². The Kier molecular flexibility index (Phi) is 4.35. The Morgan fingerprint density at radius 1 is 1.00 bits per heavy atom. The number of nitrogens with zero attached hydrogens (tertiary/aromatic N) is 1. The van der Waals surface area contributed by atoms with Crippen LogP contribution in [0.4, 0.5) is 0 Å². The number of rotatable bonds is 4. The minimum Gasteiger partial charge on any atom is -0.339 e. The van der Waals surface area contributed by atoms with E-state index in [-0.39, 0.29) is 0 Å². The molecule has 18 heavy (non-hydrogen) atoms. The summed E-state index contributed by atoms with van der Waals surface area (Å²) in [5.74, 6) is 0. The molecule has 90 valence electrons. The first-order valence-corrected chi connectivity index (χ1v) is 6.21. The highest BCUT2D eigenvalue weighted by Crippen LogP contribution is 2.08. The Hall–Kier alpha value is -1.82. The molecule has 0 heterocycles. The van der Waals surface area contributed by atoms with Crippen molar-refractivity contribution in [2.24, 2.45) is 0 Å². The second kappa shape index (κ2) is 6.20. The summed E-state index contributed by atoms with van der Waals surface area (Å²) in [7, 11) is 0. The van der Waals surface area contributed by atoms with E-state index in [0.717, 1.165) is 29.2 Å². The zero-order valence-corrected chi connectivity index (χ0v) is 10.7. The van der Waals surface area contributed by atoms with Gasteiger partial charge in [-0.25, -0.2) is 0 Å². The van der Waals surface area contributed by atoms with Crippen LogP contribution in [0.3, 0.4) is 0 Å². The maximum absolute atomic E-state index is 8.99. The van der Waals surface area contributed by atoms with Gasteiger partial charge in [0.25, 0.3) is 0 Å². The second-order valence-corrected chi connectivity index (χ2v) is 4.53. The van der Waals surface area contributed by atoms with E-state index in [1.807, 2.05) is 48.5 Å². The number of halogens is 1. The molecule has 2 N–H and O–H groups in total. The van der Waals surface area contributed by atoms with Gasteiger partial charge in [0.05, 0.1) is 11.6 Å². The maximum Gasteiger partial charge on any atom is 0.103 e. The van der Waals surface area contributed by atoms with Crippen molar-refractivity contribution in [2.45, 2.75) is 13.1 Å². The molecule has 0 radical (unpaired) electrons. The molecule has 0 atom stereocenters. The molecule has 0 bridgehead atoms. The molecule has 0 saturated carbocycles. The molecule has 0 unspecified atom stereocenters. The van der Waals surface area contributed by atoms with Gasteiger partial charge in [-0.05, 0) is 18.2 Å². The van der Waals surface area contributed by atoms with Gasteiger partial charge < -0.3 is 5.32 Å². The molecule has 0 aliphatic carbocycles. The van der Waals surface area contributed by atoms with Crippen molar-refractivity contribution < 1.29 is 5.32 Å². The third-order valence-corrected chi connectivity index (χ3v) is 3.05. The lowest BCUT2D eigenvalue weighted by molar-refractivity contribution is -0.686. The van der Waals surface area contributed by atoms with Gasteiger partial charge in [-0.15, -0.1) is 0 Å². The van der Waals surface area contributed by atoms with Crippen molar-refractivity contribution >= 4 is 11.6 Å². The molecular formula is C15H14ClN2+. The summed E-state index contributed by atoms with van der Waals surface area (Å²) >= 11 is 5.83. The van der Waals surface area contributed by atoms with E-state index in [1.165, 1.54) is 5.56 Å². The number of benzene rings is 2. The minimum absolute atomic E-state index is 0.754. The summed E-state index contributed by atoms with van der Waals surface area (Å²) in [4.78, 5) is 0. The van der Waals surface area contributed by atoms with Gasteiger partial charge in [0.1, 0.15) is 13.1 Å². The predicted molar refractivity (Wildman–Crippen MR) is 71.9 cm³/mol. The van der Waals surface area contributed by atoms with Crippen molar-refractivity contribution in [3.05, 3.63) is 70.2 Å². The van der Waals surface area contributed by atoms with Crippen molar-refractivity contribution in [2.75, 3.05) is 0 Å². The van der Waals surface area contributed by atoms with Crippen LogP contribution in [0.25, 0.3) is 0 Å². The molecule has 0 fully saturated rings. The molecule has 2 aromatic rings. The van der Waals surface area contributed by atoms with Crippen LogP contribution in [0.5, 0.6) is 0 Å². The van der Waals surface area contributed by atoms with E-state index < -0.39 is 0 Å². The summed E-state index contributed by atoms with van der Waals surface area (Å²) in [6.45, 7) is 1.70. The predicted octanol–water partition coefficient (Wildman–Crippen LogP) is 2.48. The van der Waals surface area contributed by atoms with Gasteiger partial charge in [0.15, 0.2) is 0 Å². The Morgan fingerprint density at radius 2 is 1.72 bits per heavy atom. The molecule has 0 amide bonds. The lowest BCUT2D eigenvalue weighted by atomic mass is 10.1. The van der Waals surface area contributed by atoms with Crippen LogP contribution in [0.15, 0.2) is 48.5 Å². The summed E-state index contributed by atoms with van der Waals surface area (Å²) < 4.78 is 0. The highest BCUT2D eigenvalue weighted by Gasteiger charge is 2.02. The molecule has 2 aromatic carbocycles. The number of nitriles is 1. The van der Waals surface area contributed by atoms with Gasteiger partial charge in [0, 0.05) is 16.1 Å². The van der Waals surface area contributed by atoms with Crippen molar-refractivity contribution in [3.63, 3.8) is 0 Å². The van der Waals surface area contributed by atoms with Gasteiger partial charge in [-0.3, -0.25) is 0 Å². The highest BCUT2D eigenvalue weighted by molar-refractivity contribution is 6.30. The molecular weight excluding hydrogens is 244 g/mol. The van der Waals surface area contributed by atoms with E-state index in [2.05, 4.69) is 11.4 Å². The number of hydrogen-bond donors (Lipinski definition) is 1.